The third kappa shape index (κ3) is 9.13. The van der Waals surface area contributed by atoms with Gasteiger partial charge in [0, 0.05) is 24.8 Å². The molecule has 1 aliphatic rings. The van der Waals surface area contributed by atoms with Gasteiger partial charge in [0.25, 0.3) is 0 Å². The number of benzene rings is 2. The minimum Gasteiger partial charge on any atom is -0.462 e. The summed E-state index contributed by atoms with van der Waals surface area (Å²) in [6.45, 7) is 2.44. The van der Waals surface area contributed by atoms with Gasteiger partial charge in [0.1, 0.15) is 36.2 Å². The number of aliphatic hydroxyl groups is 4. The zero-order chi connectivity index (χ0) is 30.1. The summed E-state index contributed by atoms with van der Waals surface area (Å²) in [6, 6.07) is 11.9. The Kier molecular flexibility index (Phi) is 11.9. The molecule has 1 fully saturated rings. The first-order chi connectivity index (χ1) is 19.5. The molecule has 41 heavy (non-hydrogen) atoms. The normalized spacial score (nSPS) is 23.6. The van der Waals surface area contributed by atoms with Gasteiger partial charge in [-0.15, -0.1) is 0 Å². The van der Waals surface area contributed by atoms with Gasteiger partial charge in [0.15, 0.2) is 0 Å². The third-order valence-corrected chi connectivity index (χ3v) is 7.22. The Balaban J connectivity index is 1.69. The SMILES string of the molecule is CC(=O)NSC[C@H](N)C(=O)N[C@@H](Cc1ccccc1)C(=O)Nc1ccc(O[C@H]2O[C@H](CO)[C@@H](O)[C@H](O)[C@@H]2O)c(C)c1. The Morgan fingerprint density at radius 2 is 1.76 bits per heavy atom. The molecule has 3 amide bonds. The fraction of sp³-hybridized carbons (Fsp3) is 0.444. The van der Waals surface area contributed by atoms with Crippen molar-refractivity contribution in [3.05, 3.63) is 59.7 Å². The summed E-state index contributed by atoms with van der Waals surface area (Å²) in [5, 5.41) is 45.1. The number of hydrogen-bond acceptors (Lipinski definition) is 11. The molecule has 0 saturated carbocycles. The quantitative estimate of drug-likeness (QED) is 0.139. The molecule has 3 rings (SSSR count). The molecule has 1 heterocycles. The Hall–Kier alpha value is -3.24. The highest BCUT2D eigenvalue weighted by molar-refractivity contribution is 7.98. The van der Waals surface area contributed by atoms with Gasteiger partial charge in [-0.1, -0.05) is 30.3 Å². The van der Waals surface area contributed by atoms with E-state index in [-0.39, 0.29) is 23.8 Å². The molecule has 0 unspecified atom stereocenters. The van der Waals surface area contributed by atoms with E-state index in [0.717, 1.165) is 17.5 Å². The van der Waals surface area contributed by atoms with Gasteiger partial charge in [-0.05, 0) is 48.2 Å². The average molecular weight is 593 g/mol. The number of carbonyl (C=O) groups is 3. The molecule has 7 atom stereocenters. The molecule has 2 aromatic carbocycles. The van der Waals surface area contributed by atoms with Crippen molar-refractivity contribution in [2.24, 2.45) is 5.73 Å². The molecule has 0 aliphatic carbocycles. The number of carbonyl (C=O) groups excluding carboxylic acids is 3. The third-order valence-electron chi connectivity index (χ3n) is 6.27. The Labute approximate surface area is 241 Å². The monoisotopic (exact) mass is 592 g/mol. The number of ether oxygens (including phenoxy) is 2. The van der Waals surface area contributed by atoms with E-state index in [4.69, 9.17) is 15.2 Å². The van der Waals surface area contributed by atoms with Crippen LogP contribution in [0.2, 0.25) is 0 Å². The van der Waals surface area contributed by atoms with Crippen molar-refractivity contribution in [3.63, 3.8) is 0 Å². The number of nitrogens with two attached hydrogens (primary N) is 1. The van der Waals surface area contributed by atoms with Gasteiger partial charge in [-0.3, -0.25) is 14.4 Å². The van der Waals surface area contributed by atoms with Crippen molar-refractivity contribution in [2.45, 2.75) is 63.1 Å². The largest absolute Gasteiger partial charge is 0.462 e. The van der Waals surface area contributed by atoms with Crippen molar-refractivity contribution >= 4 is 35.4 Å². The first-order valence-corrected chi connectivity index (χ1v) is 13.9. The lowest BCUT2D eigenvalue weighted by atomic mass is 9.99. The van der Waals surface area contributed by atoms with Crippen LogP contribution in [0.15, 0.2) is 48.5 Å². The lowest BCUT2D eigenvalue weighted by Gasteiger charge is -2.39. The van der Waals surface area contributed by atoms with Gasteiger partial charge >= 0.3 is 0 Å². The number of aliphatic hydroxyl groups excluding tert-OH is 4. The molecule has 1 aliphatic heterocycles. The molecule has 0 bridgehead atoms. The van der Waals surface area contributed by atoms with Gasteiger partial charge in [0.05, 0.1) is 12.6 Å². The predicted octanol–water partition coefficient (Wildman–Crippen LogP) is -1.05. The van der Waals surface area contributed by atoms with E-state index in [1.165, 1.54) is 13.0 Å². The van der Waals surface area contributed by atoms with Crippen LogP contribution in [-0.4, -0.2) is 93.3 Å². The van der Waals surface area contributed by atoms with Crippen LogP contribution in [0.5, 0.6) is 5.75 Å². The number of hydrogen-bond donors (Lipinski definition) is 8. The van der Waals surface area contributed by atoms with E-state index in [1.54, 1.807) is 19.1 Å². The maximum absolute atomic E-state index is 13.3. The highest BCUT2D eigenvalue weighted by Gasteiger charge is 2.44. The van der Waals surface area contributed by atoms with Gasteiger partial charge in [-0.2, -0.15) is 0 Å². The predicted molar refractivity (Wildman–Crippen MR) is 151 cm³/mol. The van der Waals surface area contributed by atoms with Crippen molar-refractivity contribution in [3.8, 4) is 5.75 Å². The summed E-state index contributed by atoms with van der Waals surface area (Å²) in [5.74, 6) is -0.947. The molecular formula is C27H36N4O9S. The summed E-state index contributed by atoms with van der Waals surface area (Å²) < 4.78 is 13.6. The summed E-state index contributed by atoms with van der Waals surface area (Å²) >= 11 is 0.996. The molecule has 2 aromatic rings. The molecule has 0 spiro atoms. The van der Waals surface area contributed by atoms with Gasteiger partial charge in [-0.25, -0.2) is 0 Å². The summed E-state index contributed by atoms with van der Waals surface area (Å²) in [5.41, 5.74) is 7.70. The first kappa shape index (κ1) is 32.3. The summed E-state index contributed by atoms with van der Waals surface area (Å²) in [6.07, 6.45) is -6.95. The second kappa shape index (κ2) is 15.1. The Morgan fingerprint density at radius 1 is 1.05 bits per heavy atom. The van der Waals surface area contributed by atoms with Crippen LogP contribution < -0.4 is 25.8 Å². The molecule has 0 aromatic heterocycles. The molecular weight excluding hydrogens is 556 g/mol. The van der Waals surface area contributed by atoms with Crippen LogP contribution in [0.25, 0.3) is 0 Å². The summed E-state index contributed by atoms with van der Waals surface area (Å²) in [7, 11) is 0. The maximum Gasteiger partial charge on any atom is 0.247 e. The van der Waals surface area contributed by atoms with Crippen molar-refractivity contribution in [1.29, 1.82) is 0 Å². The molecule has 13 nitrogen and oxygen atoms in total. The van der Waals surface area contributed by atoms with E-state index in [0.29, 0.717) is 11.3 Å². The highest BCUT2D eigenvalue weighted by Crippen LogP contribution is 2.28. The van der Waals surface area contributed by atoms with Crippen LogP contribution in [0.4, 0.5) is 5.69 Å². The summed E-state index contributed by atoms with van der Waals surface area (Å²) in [4.78, 5) is 37.1. The van der Waals surface area contributed by atoms with Crippen LogP contribution in [0.1, 0.15) is 18.1 Å². The van der Waals surface area contributed by atoms with E-state index >= 15 is 0 Å². The smallest absolute Gasteiger partial charge is 0.247 e. The number of aryl methyl sites for hydroxylation is 1. The maximum atomic E-state index is 13.3. The number of amides is 3. The standard InChI is InChI=1S/C27H36N4O9S/c1-14-10-17(8-9-20(14)39-27-24(36)23(35)22(34)21(12-32)40-27)29-26(38)19(11-16-6-4-3-5-7-16)30-25(37)18(28)13-41-31-15(2)33/h3-10,18-19,21-24,27,32,34-36H,11-13,28H2,1-2H3,(H,29,38)(H,30,37)(H,31,33)/t18-,19-,21+,22+,23-,24-,27-/m0/s1. The van der Waals surface area contributed by atoms with Crippen LogP contribution in [-0.2, 0) is 25.5 Å². The fourth-order valence-electron chi connectivity index (χ4n) is 4.03. The van der Waals surface area contributed by atoms with Crippen molar-refractivity contribution in [1.82, 2.24) is 10.0 Å². The number of anilines is 1. The molecule has 14 heteroatoms. The fourth-order valence-corrected chi connectivity index (χ4v) is 4.64. The van der Waals surface area contributed by atoms with E-state index in [1.807, 2.05) is 30.3 Å². The minimum absolute atomic E-state index is 0.111. The van der Waals surface area contributed by atoms with Crippen LogP contribution >= 0.6 is 11.9 Å². The van der Waals surface area contributed by atoms with E-state index in [2.05, 4.69) is 15.4 Å². The number of nitrogens with one attached hydrogen (secondary N) is 3. The highest BCUT2D eigenvalue weighted by atomic mass is 32.2. The first-order valence-electron chi connectivity index (χ1n) is 12.9. The lowest BCUT2D eigenvalue weighted by Crippen LogP contribution is -2.60. The number of rotatable bonds is 12. The Bertz CT molecular complexity index is 1190. The average Bonchev–Trinajstić information content (AvgIpc) is 2.94. The zero-order valence-corrected chi connectivity index (χ0v) is 23.4. The van der Waals surface area contributed by atoms with Crippen molar-refractivity contribution < 1.29 is 44.3 Å². The van der Waals surface area contributed by atoms with E-state index < -0.39 is 61.2 Å². The Morgan fingerprint density at radius 3 is 2.39 bits per heavy atom. The molecule has 224 valence electrons. The molecule has 1 saturated heterocycles. The second-order valence-corrected chi connectivity index (χ2v) is 10.4. The molecule has 9 N–H and O–H groups in total. The minimum atomic E-state index is -1.58. The molecule has 0 radical (unpaired) electrons. The lowest BCUT2D eigenvalue weighted by molar-refractivity contribution is -0.277. The zero-order valence-electron chi connectivity index (χ0n) is 22.6. The van der Waals surface area contributed by atoms with Gasteiger partial charge in [0.2, 0.25) is 24.0 Å². The second-order valence-electron chi connectivity index (χ2n) is 9.61. The van der Waals surface area contributed by atoms with Crippen LogP contribution in [0.3, 0.4) is 0 Å². The topological polar surface area (TPSA) is 213 Å². The van der Waals surface area contributed by atoms with E-state index in [9.17, 15) is 34.8 Å². The van der Waals surface area contributed by atoms with Crippen LogP contribution in [0, 0.1) is 6.92 Å². The van der Waals surface area contributed by atoms with Gasteiger partial charge < -0.3 is 51.0 Å². The van der Waals surface area contributed by atoms with Crippen molar-refractivity contribution in [2.75, 3.05) is 17.7 Å².